The number of aromatic nitrogens is 1. The number of hydrogen-bond donors (Lipinski definition) is 1. The molecule has 0 spiro atoms. The van der Waals surface area contributed by atoms with Gasteiger partial charge in [-0.2, -0.15) is 0 Å². The molecule has 1 rings (SSSR count). The highest BCUT2D eigenvalue weighted by molar-refractivity contribution is 7.90. The quantitative estimate of drug-likeness (QED) is 0.846. The van der Waals surface area contributed by atoms with E-state index >= 15 is 0 Å². The average Bonchev–Trinajstić information content (AvgIpc) is 2.19. The molecule has 0 aliphatic heterocycles. The molecule has 1 amide bonds. The van der Waals surface area contributed by atoms with Crippen molar-refractivity contribution in [1.29, 1.82) is 0 Å². The molecule has 0 fully saturated rings. The van der Waals surface area contributed by atoms with Gasteiger partial charge in [0.1, 0.15) is 15.0 Å². The number of halogens is 2. The van der Waals surface area contributed by atoms with Gasteiger partial charge < -0.3 is 5.32 Å². The number of nitrogens with zero attached hydrogens (tertiary/aromatic N) is 1. The van der Waals surface area contributed by atoms with E-state index < -0.39 is 15.7 Å². The zero-order valence-corrected chi connectivity index (χ0v) is 11.2. The topological polar surface area (TPSA) is 76.1 Å². The molecular formula is C9H10Cl2N2O3S. The molecule has 0 saturated heterocycles. The van der Waals surface area contributed by atoms with Crippen LogP contribution in [0.15, 0.2) is 12.3 Å². The van der Waals surface area contributed by atoms with Crippen LogP contribution in [0, 0.1) is 0 Å². The normalized spacial score (nSPS) is 11.2. The molecule has 0 bridgehead atoms. The Morgan fingerprint density at radius 2 is 2.12 bits per heavy atom. The zero-order chi connectivity index (χ0) is 13.1. The van der Waals surface area contributed by atoms with Crippen LogP contribution in [0.4, 0.5) is 0 Å². The van der Waals surface area contributed by atoms with E-state index in [0.29, 0.717) is 0 Å². The van der Waals surface area contributed by atoms with Crippen molar-refractivity contribution in [1.82, 2.24) is 10.3 Å². The summed E-state index contributed by atoms with van der Waals surface area (Å²) < 4.78 is 21.7. The first-order valence-corrected chi connectivity index (χ1v) is 7.38. The third-order valence-electron chi connectivity index (χ3n) is 1.83. The second-order valence-corrected chi connectivity index (χ2v) is 6.43. The Morgan fingerprint density at radius 1 is 1.47 bits per heavy atom. The Bertz CT molecular complexity index is 531. The number of carbonyl (C=O) groups excluding carboxylic acids is 1. The van der Waals surface area contributed by atoms with Crippen LogP contribution in [0.5, 0.6) is 0 Å². The highest BCUT2D eigenvalue weighted by Crippen LogP contribution is 2.17. The minimum Gasteiger partial charge on any atom is -0.351 e. The van der Waals surface area contributed by atoms with E-state index in [9.17, 15) is 13.2 Å². The fourth-order valence-corrected chi connectivity index (χ4v) is 1.85. The molecule has 0 aromatic carbocycles. The lowest BCUT2D eigenvalue weighted by atomic mass is 10.2. The summed E-state index contributed by atoms with van der Waals surface area (Å²) in [6, 6.07) is 1.32. The predicted molar refractivity (Wildman–Crippen MR) is 66.3 cm³/mol. The summed E-state index contributed by atoms with van der Waals surface area (Å²) in [4.78, 5) is 15.3. The van der Waals surface area contributed by atoms with E-state index in [1.807, 2.05) is 0 Å². The van der Waals surface area contributed by atoms with Crippen LogP contribution in [-0.2, 0) is 9.84 Å². The van der Waals surface area contributed by atoms with Gasteiger partial charge in [-0.05, 0) is 6.07 Å². The maximum absolute atomic E-state index is 11.6. The standard InChI is InChI=1S/C9H10Cl2N2O3S/c1-17(15,16)3-2-12-9(14)6-4-8(11)13-5-7(6)10/h4-5H,2-3H2,1H3,(H,12,14). The number of pyridine rings is 1. The lowest BCUT2D eigenvalue weighted by Crippen LogP contribution is -2.29. The fraction of sp³-hybridized carbons (Fsp3) is 0.333. The van der Waals surface area contributed by atoms with Crippen LogP contribution in [0.1, 0.15) is 10.4 Å². The van der Waals surface area contributed by atoms with Crippen LogP contribution in [0.25, 0.3) is 0 Å². The van der Waals surface area contributed by atoms with Crippen molar-refractivity contribution in [2.45, 2.75) is 0 Å². The van der Waals surface area contributed by atoms with Gasteiger partial charge in [0.2, 0.25) is 0 Å². The van der Waals surface area contributed by atoms with Gasteiger partial charge in [-0.3, -0.25) is 4.79 Å². The van der Waals surface area contributed by atoms with Gasteiger partial charge in [0.15, 0.2) is 0 Å². The molecule has 1 heterocycles. The monoisotopic (exact) mass is 296 g/mol. The van der Waals surface area contributed by atoms with Gasteiger partial charge in [-0.1, -0.05) is 23.2 Å². The molecular weight excluding hydrogens is 287 g/mol. The van der Waals surface area contributed by atoms with Crippen molar-refractivity contribution in [3.05, 3.63) is 28.0 Å². The van der Waals surface area contributed by atoms with Crippen LogP contribution < -0.4 is 5.32 Å². The van der Waals surface area contributed by atoms with Crippen LogP contribution >= 0.6 is 23.2 Å². The Hall–Kier alpha value is -0.850. The largest absolute Gasteiger partial charge is 0.351 e. The molecule has 1 N–H and O–H groups in total. The van der Waals surface area contributed by atoms with E-state index in [4.69, 9.17) is 23.2 Å². The summed E-state index contributed by atoms with van der Waals surface area (Å²) in [5, 5.41) is 2.73. The van der Waals surface area contributed by atoms with Gasteiger partial charge in [0.05, 0.1) is 16.3 Å². The van der Waals surface area contributed by atoms with Gasteiger partial charge in [0, 0.05) is 19.0 Å². The van der Waals surface area contributed by atoms with Crippen LogP contribution in [0.3, 0.4) is 0 Å². The number of carbonyl (C=O) groups is 1. The average molecular weight is 297 g/mol. The number of rotatable bonds is 4. The molecule has 1 aromatic heterocycles. The lowest BCUT2D eigenvalue weighted by molar-refractivity contribution is 0.0956. The summed E-state index contributed by atoms with van der Waals surface area (Å²) in [5.41, 5.74) is 0.167. The highest BCUT2D eigenvalue weighted by Gasteiger charge is 2.12. The molecule has 5 nitrogen and oxygen atoms in total. The van der Waals surface area contributed by atoms with E-state index in [1.165, 1.54) is 12.3 Å². The second kappa shape index (κ2) is 5.66. The molecule has 17 heavy (non-hydrogen) atoms. The first kappa shape index (κ1) is 14.2. The van der Waals surface area contributed by atoms with Crippen LogP contribution in [0.2, 0.25) is 10.2 Å². The minimum atomic E-state index is -3.11. The number of nitrogens with one attached hydrogen (secondary N) is 1. The maximum Gasteiger partial charge on any atom is 0.252 e. The van der Waals surface area contributed by atoms with E-state index in [2.05, 4.69) is 10.3 Å². The molecule has 0 radical (unpaired) electrons. The highest BCUT2D eigenvalue weighted by atomic mass is 35.5. The zero-order valence-electron chi connectivity index (χ0n) is 8.91. The van der Waals surface area contributed by atoms with E-state index in [1.54, 1.807) is 0 Å². The molecule has 94 valence electrons. The molecule has 0 saturated carbocycles. The fourth-order valence-electron chi connectivity index (χ4n) is 1.03. The molecule has 8 heteroatoms. The summed E-state index contributed by atoms with van der Waals surface area (Å²) in [7, 11) is -3.11. The third kappa shape index (κ3) is 4.89. The van der Waals surface area contributed by atoms with Gasteiger partial charge in [-0.15, -0.1) is 0 Å². The second-order valence-electron chi connectivity index (χ2n) is 3.37. The summed E-state index contributed by atoms with van der Waals surface area (Å²) in [6.07, 6.45) is 2.35. The Morgan fingerprint density at radius 3 is 2.71 bits per heavy atom. The SMILES string of the molecule is CS(=O)(=O)CCNC(=O)c1cc(Cl)ncc1Cl. The Kier molecular flexibility index (Phi) is 4.73. The van der Waals surface area contributed by atoms with Crippen molar-refractivity contribution < 1.29 is 13.2 Å². The molecule has 0 unspecified atom stereocenters. The number of hydrogen-bond acceptors (Lipinski definition) is 4. The Balaban J connectivity index is 2.67. The van der Waals surface area contributed by atoms with Gasteiger partial charge in [0.25, 0.3) is 5.91 Å². The minimum absolute atomic E-state index is 0.0218. The predicted octanol–water partition coefficient (Wildman–Crippen LogP) is 1.16. The van der Waals surface area contributed by atoms with Gasteiger partial charge >= 0.3 is 0 Å². The summed E-state index contributed by atoms with van der Waals surface area (Å²) in [5.74, 6) is -0.613. The molecule has 0 atom stereocenters. The Labute approximate surface area is 109 Å². The van der Waals surface area contributed by atoms with E-state index in [-0.39, 0.29) is 28.0 Å². The van der Waals surface area contributed by atoms with Crippen molar-refractivity contribution in [2.24, 2.45) is 0 Å². The first-order chi connectivity index (χ1) is 7.79. The molecule has 0 aliphatic rings. The maximum atomic E-state index is 11.6. The third-order valence-corrected chi connectivity index (χ3v) is 3.28. The van der Waals surface area contributed by atoms with Crippen LogP contribution in [-0.4, -0.2) is 37.9 Å². The number of amides is 1. The molecule has 1 aromatic rings. The van der Waals surface area contributed by atoms with Crippen molar-refractivity contribution in [3.63, 3.8) is 0 Å². The smallest absolute Gasteiger partial charge is 0.252 e. The van der Waals surface area contributed by atoms with Crippen molar-refractivity contribution in [2.75, 3.05) is 18.6 Å². The lowest BCUT2D eigenvalue weighted by Gasteiger charge is -2.06. The van der Waals surface area contributed by atoms with Crippen molar-refractivity contribution >= 4 is 38.9 Å². The summed E-state index contributed by atoms with van der Waals surface area (Å²) >= 11 is 11.4. The van der Waals surface area contributed by atoms with E-state index in [0.717, 1.165) is 6.26 Å². The molecule has 0 aliphatic carbocycles. The van der Waals surface area contributed by atoms with Gasteiger partial charge in [-0.25, -0.2) is 13.4 Å². The first-order valence-electron chi connectivity index (χ1n) is 4.56. The number of sulfone groups is 1. The van der Waals surface area contributed by atoms with Crippen molar-refractivity contribution in [3.8, 4) is 0 Å². The summed E-state index contributed by atoms with van der Waals surface area (Å²) in [6.45, 7) is 0.0218.